The highest BCUT2D eigenvalue weighted by molar-refractivity contribution is 7.20. The van der Waals surface area contributed by atoms with Crippen molar-refractivity contribution in [2.24, 2.45) is 0 Å². The number of hydrogen-bond acceptors (Lipinski definition) is 5. The van der Waals surface area contributed by atoms with E-state index in [-0.39, 0.29) is 5.97 Å². The fraction of sp³-hybridized carbons (Fsp3) is 0.222. The van der Waals surface area contributed by atoms with Crippen molar-refractivity contribution in [2.75, 3.05) is 0 Å². The van der Waals surface area contributed by atoms with Gasteiger partial charge in [0.2, 0.25) is 0 Å². The van der Waals surface area contributed by atoms with Crippen LogP contribution in [-0.4, -0.2) is 15.9 Å². The van der Waals surface area contributed by atoms with Crippen LogP contribution in [0.15, 0.2) is 12.5 Å². The maximum atomic E-state index is 10.8. The second kappa shape index (κ2) is 3.34. The molecule has 0 aromatic carbocycles. The molecule has 0 bridgehead atoms. The number of rotatable bonds is 1. The summed E-state index contributed by atoms with van der Waals surface area (Å²) in [5.41, 5.74) is 0.917. The molecule has 0 saturated heterocycles. The van der Waals surface area contributed by atoms with E-state index in [0.29, 0.717) is 5.06 Å². The summed E-state index contributed by atoms with van der Waals surface area (Å²) in [6, 6.07) is 0. The molecule has 0 spiro atoms. The van der Waals surface area contributed by atoms with Gasteiger partial charge < -0.3 is 4.74 Å². The normalized spacial score (nSPS) is 10.4. The van der Waals surface area contributed by atoms with Crippen LogP contribution in [-0.2, 0) is 4.79 Å². The molecule has 2 aromatic rings. The maximum absolute atomic E-state index is 10.8. The number of thiophene rings is 1. The van der Waals surface area contributed by atoms with E-state index in [0.717, 1.165) is 15.8 Å². The van der Waals surface area contributed by atoms with Crippen LogP contribution in [0.5, 0.6) is 5.06 Å². The maximum Gasteiger partial charge on any atom is 0.308 e. The van der Waals surface area contributed by atoms with Crippen molar-refractivity contribution in [2.45, 2.75) is 13.8 Å². The largest absolute Gasteiger partial charge is 0.415 e. The molecule has 0 aliphatic heterocycles. The molecule has 0 atom stereocenters. The van der Waals surface area contributed by atoms with Crippen molar-refractivity contribution >= 4 is 27.5 Å². The second-order valence-electron chi connectivity index (χ2n) is 2.85. The van der Waals surface area contributed by atoms with Gasteiger partial charge >= 0.3 is 5.97 Å². The van der Waals surface area contributed by atoms with E-state index in [4.69, 9.17) is 4.74 Å². The Morgan fingerprint density at radius 3 is 3.00 bits per heavy atom. The molecule has 14 heavy (non-hydrogen) atoms. The fourth-order valence-electron chi connectivity index (χ4n) is 1.16. The first-order valence-electron chi connectivity index (χ1n) is 4.06. The van der Waals surface area contributed by atoms with Crippen LogP contribution < -0.4 is 4.74 Å². The van der Waals surface area contributed by atoms with Gasteiger partial charge in [-0.3, -0.25) is 4.79 Å². The first-order chi connectivity index (χ1) is 6.68. The summed E-state index contributed by atoms with van der Waals surface area (Å²) in [5, 5.41) is 1.54. The Morgan fingerprint density at radius 1 is 1.57 bits per heavy atom. The molecule has 5 heteroatoms. The number of ether oxygens (including phenoxy) is 1. The lowest BCUT2D eigenvalue weighted by Gasteiger charge is -1.96. The van der Waals surface area contributed by atoms with E-state index in [1.54, 1.807) is 6.20 Å². The summed E-state index contributed by atoms with van der Waals surface area (Å²) < 4.78 is 5.04. The van der Waals surface area contributed by atoms with Crippen molar-refractivity contribution in [1.82, 2.24) is 9.97 Å². The predicted molar refractivity (Wildman–Crippen MR) is 53.5 cm³/mol. The number of hydrogen-bond donors (Lipinski definition) is 0. The molecule has 2 aromatic heterocycles. The number of aromatic nitrogens is 2. The summed E-state index contributed by atoms with van der Waals surface area (Å²) in [7, 11) is 0. The highest BCUT2D eigenvalue weighted by atomic mass is 32.1. The van der Waals surface area contributed by atoms with Gasteiger partial charge in [0, 0.05) is 24.1 Å². The zero-order valence-corrected chi connectivity index (χ0v) is 8.59. The van der Waals surface area contributed by atoms with Crippen LogP contribution in [0, 0.1) is 6.92 Å². The molecule has 0 saturated carbocycles. The SMILES string of the molecule is CC(=O)Oc1sc2ncncc2c1C. The van der Waals surface area contributed by atoms with E-state index in [9.17, 15) is 4.79 Å². The minimum absolute atomic E-state index is 0.312. The van der Waals surface area contributed by atoms with Crippen LogP contribution in [0.3, 0.4) is 0 Å². The Kier molecular flexibility index (Phi) is 2.17. The predicted octanol–water partition coefficient (Wildman–Crippen LogP) is 1.93. The van der Waals surface area contributed by atoms with Gasteiger partial charge in [0.15, 0.2) is 5.06 Å². The number of fused-ring (bicyclic) bond motifs is 1. The zero-order valence-electron chi connectivity index (χ0n) is 7.77. The Bertz CT molecular complexity index is 493. The number of carbonyl (C=O) groups excluding carboxylic acids is 1. The van der Waals surface area contributed by atoms with Gasteiger partial charge in [0.05, 0.1) is 0 Å². The van der Waals surface area contributed by atoms with Crippen molar-refractivity contribution < 1.29 is 9.53 Å². The Balaban J connectivity index is 2.57. The molecule has 4 nitrogen and oxygen atoms in total. The Morgan fingerprint density at radius 2 is 2.36 bits per heavy atom. The van der Waals surface area contributed by atoms with Crippen LogP contribution in [0.25, 0.3) is 10.2 Å². The molecule has 0 unspecified atom stereocenters. The van der Waals surface area contributed by atoms with Crippen LogP contribution >= 0.6 is 11.3 Å². The summed E-state index contributed by atoms with van der Waals surface area (Å²) in [6.45, 7) is 3.27. The molecule has 0 aliphatic carbocycles. The minimum Gasteiger partial charge on any atom is -0.415 e. The smallest absolute Gasteiger partial charge is 0.308 e. The second-order valence-corrected chi connectivity index (χ2v) is 3.81. The highest BCUT2D eigenvalue weighted by Gasteiger charge is 2.11. The topological polar surface area (TPSA) is 52.1 Å². The van der Waals surface area contributed by atoms with E-state index in [1.807, 2.05) is 6.92 Å². The third kappa shape index (κ3) is 1.46. The molecule has 0 radical (unpaired) electrons. The summed E-state index contributed by atoms with van der Waals surface area (Å²) >= 11 is 1.36. The molecule has 0 N–H and O–H groups in total. The van der Waals surface area contributed by atoms with Crippen LogP contribution in [0.2, 0.25) is 0 Å². The number of nitrogens with zero attached hydrogens (tertiary/aromatic N) is 2. The molecule has 0 fully saturated rings. The van der Waals surface area contributed by atoms with E-state index >= 15 is 0 Å². The number of esters is 1. The first-order valence-corrected chi connectivity index (χ1v) is 4.87. The summed E-state index contributed by atoms with van der Waals surface area (Å²) in [5.74, 6) is -0.312. The zero-order chi connectivity index (χ0) is 10.1. The number of aryl methyl sites for hydroxylation is 1. The highest BCUT2D eigenvalue weighted by Crippen LogP contribution is 2.34. The lowest BCUT2D eigenvalue weighted by Crippen LogP contribution is -2.00. The molecule has 0 amide bonds. The molecule has 2 rings (SSSR count). The van der Waals surface area contributed by atoms with Crippen LogP contribution in [0.1, 0.15) is 12.5 Å². The van der Waals surface area contributed by atoms with E-state index in [1.165, 1.54) is 24.6 Å². The summed E-state index contributed by atoms with van der Waals surface area (Å²) in [4.78, 5) is 19.6. The molecule has 0 aliphatic rings. The van der Waals surface area contributed by atoms with Crippen molar-refractivity contribution in [3.05, 3.63) is 18.1 Å². The molecule has 72 valence electrons. The Hall–Kier alpha value is -1.49. The lowest BCUT2D eigenvalue weighted by atomic mass is 10.3. The van der Waals surface area contributed by atoms with Gasteiger partial charge in [-0.25, -0.2) is 9.97 Å². The van der Waals surface area contributed by atoms with Gasteiger partial charge in [0.25, 0.3) is 0 Å². The van der Waals surface area contributed by atoms with Gasteiger partial charge in [-0.2, -0.15) is 0 Å². The van der Waals surface area contributed by atoms with Gasteiger partial charge in [-0.05, 0) is 6.92 Å². The van der Waals surface area contributed by atoms with Gasteiger partial charge in [-0.1, -0.05) is 11.3 Å². The number of carbonyl (C=O) groups is 1. The third-order valence-electron chi connectivity index (χ3n) is 1.81. The van der Waals surface area contributed by atoms with Crippen molar-refractivity contribution in [3.63, 3.8) is 0 Å². The van der Waals surface area contributed by atoms with Gasteiger partial charge in [0.1, 0.15) is 11.2 Å². The van der Waals surface area contributed by atoms with E-state index in [2.05, 4.69) is 9.97 Å². The van der Waals surface area contributed by atoms with Crippen molar-refractivity contribution in [1.29, 1.82) is 0 Å². The third-order valence-corrected chi connectivity index (χ3v) is 2.91. The average molecular weight is 208 g/mol. The first kappa shape index (κ1) is 9.08. The molecular weight excluding hydrogens is 200 g/mol. The monoisotopic (exact) mass is 208 g/mol. The standard InChI is InChI=1S/C9H8N2O2S/c1-5-7-3-10-4-11-8(7)14-9(5)13-6(2)12/h3-4H,1-2H3. The van der Waals surface area contributed by atoms with Crippen LogP contribution in [0.4, 0.5) is 0 Å². The fourth-order valence-corrected chi connectivity index (χ4v) is 2.17. The van der Waals surface area contributed by atoms with Crippen molar-refractivity contribution in [3.8, 4) is 5.06 Å². The minimum atomic E-state index is -0.312. The lowest BCUT2D eigenvalue weighted by molar-refractivity contribution is -0.131. The molecule has 2 heterocycles. The van der Waals surface area contributed by atoms with E-state index < -0.39 is 0 Å². The average Bonchev–Trinajstić information content (AvgIpc) is 2.44. The quantitative estimate of drug-likeness (QED) is 0.672. The van der Waals surface area contributed by atoms with Gasteiger partial charge in [-0.15, -0.1) is 0 Å². The molecular formula is C9H8N2O2S. The summed E-state index contributed by atoms with van der Waals surface area (Å²) in [6.07, 6.45) is 3.21. The Labute approximate surface area is 84.6 Å².